The van der Waals surface area contributed by atoms with Crippen molar-refractivity contribution >= 4 is 12.0 Å². The van der Waals surface area contributed by atoms with Crippen molar-refractivity contribution in [3.8, 4) is 5.75 Å². The molecule has 7 heteroatoms. The number of benzene rings is 1. The first-order valence-corrected chi connectivity index (χ1v) is 8.05. The number of nitrogens with zero attached hydrogens (tertiary/aromatic N) is 2. The molecule has 1 N–H and O–H groups in total. The summed E-state index contributed by atoms with van der Waals surface area (Å²) in [6, 6.07) is 6.19. The van der Waals surface area contributed by atoms with Gasteiger partial charge in [-0.1, -0.05) is 30.4 Å². The van der Waals surface area contributed by atoms with Gasteiger partial charge in [0.25, 0.3) is 0 Å². The second kappa shape index (κ2) is 7.94. The van der Waals surface area contributed by atoms with Crippen LogP contribution < -0.4 is 10.1 Å². The van der Waals surface area contributed by atoms with E-state index in [-0.39, 0.29) is 30.3 Å². The molecule has 132 valence electrons. The Bertz CT molecular complexity index is 760. The number of hydrogen-bond acceptors (Lipinski definition) is 4. The first kappa shape index (κ1) is 17.2. The van der Waals surface area contributed by atoms with Gasteiger partial charge in [-0.15, -0.1) is 0 Å². The normalized spacial score (nSPS) is 20.1. The number of aryl methyl sites for hydroxylation is 1. The fourth-order valence-corrected chi connectivity index (χ4v) is 2.59. The lowest BCUT2D eigenvalue weighted by Gasteiger charge is -2.19. The van der Waals surface area contributed by atoms with Gasteiger partial charge in [0.05, 0.1) is 31.6 Å². The van der Waals surface area contributed by atoms with Crippen molar-refractivity contribution in [2.45, 2.75) is 18.6 Å². The Hall–Kier alpha value is -2.67. The molecule has 2 aromatic rings. The molecule has 0 saturated carbocycles. The minimum Gasteiger partial charge on any atom is -0.482 e. The fraction of sp³-hybridized carbons (Fsp3) is 0.333. The lowest BCUT2D eigenvalue weighted by molar-refractivity contribution is -0.121. The molecule has 25 heavy (non-hydrogen) atoms. The van der Waals surface area contributed by atoms with Crippen LogP contribution in [0.3, 0.4) is 0 Å². The Labute approximate surface area is 145 Å². The van der Waals surface area contributed by atoms with Gasteiger partial charge in [0.1, 0.15) is 11.9 Å². The molecule has 1 aliphatic heterocycles. The molecule has 1 aromatic carbocycles. The standard InChI is InChI=1S/C18H20FN3O3/c1-22-10-14(9-20-22)25-17-12-24-11-16(17)21-18(23)8-4-6-13-5-2-3-7-15(13)19/h2-7,9-10,16-17H,8,11-12H2,1H3,(H,21,23)/b6-4+/t16-,17+/m0/s1. The monoisotopic (exact) mass is 345 g/mol. The molecular weight excluding hydrogens is 325 g/mol. The highest BCUT2D eigenvalue weighted by Gasteiger charge is 2.31. The predicted molar refractivity (Wildman–Crippen MR) is 90.4 cm³/mol. The number of ether oxygens (including phenoxy) is 2. The predicted octanol–water partition coefficient (Wildman–Crippen LogP) is 1.93. The number of amides is 1. The Kier molecular flexibility index (Phi) is 5.45. The zero-order chi connectivity index (χ0) is 17.6. The van der Waals surface area contributed by atoms with Gasteiger partial charge in [0.2, 0.25) is 5.91 Å². The van der Waals surface area contributed by atoms with Crippen molar-refractivity contribution in [3.63, 3.8) is 0 Å². The van der Waals surface area contributed by atoms with E-state index in [4.69, 9.17) is 9.47 Å². The van der Waals surface area contributed by atoms with Crippen molar-refractivity contribution in [1.29, 1.82) is 0 Å². The molecule has 1 fully saturated rings. The maximum Gasteiger partial charge on any atom is 0.224 e. The van der Waals surface area contributed by atoms with E-state index in [1.54, 1.807) is 54.5 Å². The molecule has 1 amide bonds. The van der Waals surface area contributed by atoms with Crippen LogP contribution in [-0.2, 0) is 16.6 Å². The minimum atomic E-state index is -0.312. The lowest BCUT2D eigenvalue weighted by Crippen LogP contribution is -2.44. The molecule has 3 rings (SSSR count). The summed E-state index contributed by atoms with van der Waals surface area (Å²) in [4.78, 5) is 12.1. The van der Waals surface area contributed by atoms with Crippen LogP contribution in [0.1, 0.15) is 12.0 Å². The average molecular weight is 345 g/mol. The molecule has 0 bridgehead atoms. The summed E-state index contributed by atoms with van der Waals surface area (Å²) in [6.07, 6.45) is 6.51. The van der Waals surface area contributed by atoms with E-state index in [1.807, 2.05) is 0 Å². The van der Waals surface area contributed by atoms with Crippen LogP contribution in [0.15, 0.2) is 42.7 Å². The average Bonchev–Trinajstić information content (AvgIpc) is 3.19. The number of carbonyl (C=O) groups is 1. The third-order valence-corrected chi connectivity index (χ3v) is 3.85. The van der Waals surface area contributed by atoms with Crippen LogP contribution in [0.2, 0.25) is 0 Å². The zero-order valence-corrected chi connectivity index (χ0v) is 13.9. The zero-order valence-electron chi connectivity index (χ0n) is 13.9. The quantitative estimate of drug-likeness (QED) is 0.869. The van der Waals surface area contributed by atoms with E-state index in [1.165, 1.54) is 6.07 Å². The summed E-state index contributed by atoms with van der Waals surface area (Å²) in [7, 11) is 1.80. The Balaban J connectivity index is 1.50. The molecule has 6 nitrogen and oxygen atoms in total. The molecule has 2 heterocycles. The van der Waals surface area contributed by atoms with Gasteiger partial charge in [0.15, 0.2) is 5.75 Å². The second-order valence-electron chi connectivity index (χ2n) is 5.85. The van der Waals surface area contributed by atoms with Crippen LogP contribution in [0.4, 0.5) is 4.39 Å². The van der Waals surface area contributed by atoms with Gasteiger partial charge in [0, 0.05) is 19.0 Å². The third-order valence-electron chi connectivity index (χ3n) is 3.85. The van der Waals surface area contributed by atoms with Gasteiger partial charge < -0.3 is 14.8 Å². The van der Waals surface area contributed by atoms with Crippen molar-refractivity contribution < 1.29 is 18.7 Å². The van der Waals surface area contributed by atoms with Crippen LogP contribution in [-0.4, -0.2) is 41.0 Å². The smallest absolute Gasteiger partial charge is 0.224 e. The Morgan fingerprint density at radius 2 is 2.32 bits per heavy atom. The molecule has 1 saturated heterocycles. The molecule has 0 spiro atoms. The van der Waals surface area contributed by atoms with Crippen molar-refractivity contribution in [2.75, 3.05) is 13.2 Å². The fourth-order valence-electron chi connectivity index (χ4n) is 2.59. The van der Waals surface area contributed by atoms with E-state index in [0.717, 1.165) is 0 Å². The van der Waals surface area contributed by atoms with Crippen LogP contribution in [0, 0.1) is 5.82 Å². The summed E-state index contributed by atoms with van der Waals surface area (Å²) >= 11 is 0. The summed E-state index contributed by atoms with van der Waals surface area (Å²) in [5.41, 5.74) is 0.456. The van der Waals surface area contributed by atoms with Crippen molar-refractivity contribution in [2.24, 2.45) is 7.05 Å². The Morgan fingerprint density at radius 3 is 3.08 bits per heavy atom. The van der Waals surface area contributed by atoms with Gasteiger partial charge in [-0.25, -0.2) is 4.39 Å². The molecule has 0 aliphatic carbocycles. The summed E-state index contributed by atoms with van der Waals surface area (Å²) < 4.78 is 26.4. The van der Waals surface area contributed by atoms with Crippen LogP contribution in [0.25, 0.3) is 6.08 Å². The molecule has 1 aromatic heterocycles. The minimum absolute atomic E-state index is 0.157. The number of rotatable bonds is 6. The topological polar surface area (TPSA) is 65.4 Å². The van der Waals surface area contributed by atoms with Gasteiger partial charge >= 0.3 is 0 Å². The lowest BCUT2D eigenvalue weighted by atomic mass is 10.1. The first-order valence-electron chi connectivity index (χ1n) is 8.05. The highest BCUT2D eigenvalue weighted by atomic mass is 19.1. The van der Waals surface area contributed by atoms with Crippen molar-refractivity contribution in [3.05, 3.63) is 54.1 Å². The third kappa shape index (κ3) is 4.67. The highest BCUT2D eigenvalue weighted by Crippen LogP contribution is 2.16. The number of aromatic nitrogens is 2. The maximum atomic E-state index is 13.5. The molecular formula is C18H20FN3O3. The first-order chi connectivity index (χ1) is 12.1. The Morgan fingerprint density at radius 1 is 1.48 bits per heavy atom. The molecule has 0 unspecified atom stereocenters. The van der Waals surface area contributed by atoms with E-state index in [0.29, 0.717) is 24.5 Å². The molecule has 0 radical (unpaired) electrons. The van der Waals surface area contributed by atoms with Gasteiger partial charge in [-0.3, -0.25) is 9.48 Å². The number of halogens is 1. The van der Waals surface area contributed by atoms with Crippen LogP contribution in [0.5, 0.6) is 5.75 Å². The number of nitrogens with one attached hydrogen (secondary N) is 1. The van der Waals surface area contributed by atoms with Gasteiger partial charge in [-0.05, 0) is 6.07 Å². The number of carbonyl (C=O) groups excluding carboxylic acids is 1. The molecule has 2 atom stereocenters. The van der Waals surface area contributed by atoms with Crippen LogP contribution >= 0.6 is 0 Å². The summed E-state index contributed by atoms with van der Waals surface area (Å²) in [5.74, 6) is 0.160. The maximum absolute atomic E-state index is 13.5. The summed E-state index contributed by atoms with van der Waals surface area (Å²) in [6.45, 7) is 0.804. The molecule has 1 aliphatic rings. The van der Waals surface area contributed by atoms with E-state index < -0.39 is 0 Å². The van der Waals surface area contributed by atoms with E-state index in [2.05, 4.69) is 10.4 Å². The largest absolute Gasteiger partial charge is 0.482 e. The van der Waals surface area contributed by atoms with Crippen molar-refractivity contribution in [1.82, 2.24) is 15.1 Å². The van der Waals surface area contributed by atoms with E-state index >= 15 is 0 Å². The SMILES string of the molecule is Cn1cc(O[C@@H]2COC[C@@H]2NC(=O)C/C=C/c2ccccc2F)cn1. The second-order valence-corrected chi connectivity index (χ2v) is 5.85. The van der Waals surface area contributed by atoms with E-state index in [9.17, 15) is 9.18 Å². The number of hydrogen-bond donors (Lipinski definition) is 1. The summed E-state index contributed by atoms with van der Waals surface area (Å²) in [5, 5.41) is 6.94. The highest BCUT2D eigenvalue weighted by molar-refractivity contribution is 5.79. The van der Waals surface area contributed by atoms with Gasteiger partial charge in [-0.2, -0.15) is 5.10 Å².